The molecule has 0 spiro atoms. The van der Waals surface area contributed by atoms with Gasteiger partial charge in [0.05, 0.1) is 17.2 Å². The Balaban J connectivity index is 1.78. The van der Waals surface area contributed by atoms with Crippen LogP contribution in [0.15, 0.2) is 6.20 Å². The predicted octanol–water partition coefficient (Wildman–Crippen LogP) is 1.71. The molecule has 0 saturated heterocycles. The number of ether oxygens (including phenoxy) is 1. The third kappa shape index (κ3) is 2.22. The van der Waals surface area contributed by atoms with Crippen LogP contribution in [0.1, 0.15) is 47.0 Å². The maximum absolute atomic E-state index is 12.3. The van der Waals surface area contributed by atoms with E-state index in [1.807, 2.05) is 0 Å². The molecule has 0 radical (unpaired) electrons. The standard InChI is InChI=1S/C15H17ClN2O4/c1-3-22-14(21)11-10(16)9(7-18(11)2)12(19)13(20)17-15-4-8(5-15)6-15/h7-8H,3-6H2,1-2H3,(H,17,20). The molecule has 0 aliphatic heterocycles. The van der Waals surface area contributed by atoms with Crippen LogP contribution in [0, 0.1) is 5.92 Å². The number of carbonyl (C=O) groups excluding carboxylic acids is 3. The molecule has 118 valence electrons. The molecule has 1 aromatic heterocycles. The zero-order valence-corrected chi connectivity index (χ0v) is 13.2. The number of aromatic nitrogens is 1. The van der Waals surface area contributed by atoms with Crippen LogP contribution in [-0.2, 0) is 16.6 Å². The van der Waals surface area contributed by atoms with E-state index in [1.165, 1.54) is 10.8 Å². The van der Waals surface area contributed by atoms with Crippen LogP contribution in [0.4, 0.5) is 0 Å². The van der Waals surface area contributed by atoms with Gasteiger partial charge in [-0.3, -0.25) is 9.59 Å². The summed E-state index contributed by atoms with van der Waals surface area (Å²) in [7, 11) is 1.58. The number of halogens is 1. The van der Waals surface area contributed by atoms with Gasteiger partial charge in [-0.2, -0.15) is 0 Å². The first-order chi connectivity index (χ1) is 10.4. The van der Waals surface area contributed by atoms with Crippen molar-refractivity contribution in [1.29, 1.82) is 0 Å². The summed E-state index contributed by atoms with van der Waals surface area (Å²) in [5.74, 6) is -1.30. The minimum Gasteiger partial charge on any atom is -0.461 e. The van der Waals surface area contributed by atoms with Crippen LogP contribution >= 0.6 is 11.6 Å². The molecular weight excluding hydrogens is 308 g/mol. The largest absolute Gasteiger partial charge is 0.461 e. The number of ketones is 1. The van der Waals surface area contributed by atoms with Crippen molar-refractivity contribution in [2.75, 3.05) is 6.61 Å². The van der Waals surface area contributed by atoms with Gasteiger partial charge in [0.15, 0.2) is 0 Å². The highest BCUT2D eigenvalue weighted by Gasteiger charge is 2.57. The van der Waals surface area contributed by atoms with Gasteiger partial charge in [0.2, 0.25) is 0 Å². The summed E-state index contributed by atoms with van der Waals surface area (Å²) < 4.78 is 6.31. The van der Waals surface area contributed by atoms with Crippen molar-refractivity contribution in [3.05, 3.63) is 22.5 Å². The van der Waals surface area contributed by atoms with E-state index >= 15 is 0 Å². The lowest BCUT2D eigenvalue weighted by Gasteiger charge is -2.61. The van der Waals surface area contributed by atoms with Crippen LogP contribution < -0.4 is 5.32 Å². The van der Waals surface area contributed by atoms with Gasteiger partial charge in [-0.15, -0.1) is 0 Å². The summed E-state index contributed by atoms with van der Waals surface area (Å²) in [4.78, 5) is 36.2. The highest BCUT2D eigenvalue weighted by molar-refractivity contribution is 6.48. The summed E-state index contributed by atoms with van der Waals surface area (Å²) in [6.45, 7) is 1.88. The number of amides is 1. The third-order valence-electron chi connectivity index (χ3n) is 4.46. The highest BCUT2D eigenvalue weighted by atomic mass is 35.5. The quantitative estimate of drug-likeness (QED) is 0.508. The topological polar surface area (TPSA) is 77.4 Å². The molecule has 3 fully saturated rings. The lowest BCUT2D eigenvalue weighted by Crippen LogP contribution is -2.68. The Bertz CT molecular complexity index is 662. The number of esters is 1. The smallest absolute Gasteiger partial charge is 0.356 e. The van der Waals surface area contributed by atoms with Crippen LogP contribution in [-0.4, -0.2) is 34.4 Å². The third-order valence-corrected chi connectivity index (χ3v) is 4.84. The molecule has 0 atom stereocenters. The van der Waals surface area contributed by atoms with E-state index in [-0.39, 0.29) is 28.4 Å². The van der Waals surface area contributed by atoms with Crippen LogP contribution in [0.3, 0.4) is 0 Å². The summed E-state index contributed by atoms with van der Waals surface area (Å²) in [5, 5.41) is 2.75. The predicted molar refractivity (Wildman–Crippen MR) is 78.9 cm³/mol. The molecule has 1 N–H and O–H groups in total. The molecule has 6 nitrogen and oxygen atoms in total. The molecule has 3 aliphatic rings. The average Bonchev–Trinajstić information content (AvgIpc) is 2.67. The first kappa shape index (κ1) is 15.1. The van der Waals surface area contributed by atoms with Gasteiger partial charge in [-0.1, -0.05) is 11.6 Å². The van der Waals surface area contributed by atoms with Crippen molar-refractivity contribution < 1.29 is 19.1 Å². The van der Waals surface area contributed by atoms with E-state index in [2.05, 4.69) is 5.32 Å². The maximum atomic E-state index is 12.3. The lowest BCUT2D eigenvalue weighted by molar-refractivity contribution is -0.128. The fraction of sp³-hybridized carbons (Fsp3) is 0.533. The molecule has 22 heavy (non-hydrogen) atoms. The van der Waals surface area contributed by atoms with Gasteiger partial charge in [-0.05, 0) is 32.1 Å². The second kappa shape index (κ2) is 5.12. The normalized spacial score (nSPS) is 25.0. The van der Waals surface area contributed by atoms with Crippen molar-refractivity contribution in [1.82, 2.24) is 9.88 Å². The summed E-state index contributed by atoms with van der Waals surface area (Å²) in [6.07, 6.45) is 4.23. The molecule has 0 aromatic carbocycles. The first-order valence-electron chi connectivity index (χ1n) is 7.25. The monoisotopic (exact) mass is 324 g/mol. The van der Waals surface area contributed by atoms with Crippen LogP contribution in [0.5, 0.6) is 0 Å². The van der Waals surface area contributed by atoms with Crippen molar-refractivity contribution in [2.24, 2.45) is 13.0 Å². The molecule has 1 amide bonds. The molecule has 2 bridgehead atoms. The summed E-state index contributed by atoms with van der Waals surface area (Å²) in [6, 6.07) is 0. The van der Waals surface area contributed by atoms with Crippen molar-refractivity contribution in [3.8, 4) is 0 Å². The van der Waals surface area contributed by atoms with Crippen molar-refractivity contribution in [2.45, 2.75) is 31.7 Å². The molecule has 4 rings (SSSR count). The fourth-order valence-corrected chi connectivity index (χ4v) is 3.59. The SMILES string of the molecule is CCOC(=O)c1c(Cl)c(C(=O)C(=O)NC23CC(C2)C3)cn1C. The molecule has 7 heteroatoms. The Morgan fingerprint density at radius 1 is 1.41 bits per heavy atom. The van der Waals surface area contributed by atoms with Gasteiger partial charge >= 0.3 is 5.97 Å². The molecular formula is C15H17ClN2O4. The fourth-order valence-electron chi connectivity index (χ4n) is 3.24. The zero-order chi connectivity index (χ0) is 16.1. The van der Waals surface area contributed by atoms with Gasteiger partial charge in [-0.25, -0.2) is 4.79 Å². The van der Waals surface area contributed by atoms with Crippen LogP contribution in [0.25, 0.3) is 0 Å². The molecule has 3 saturated carbocycles. The van der Waals surface area contributed by atoms with Crippen LogP contribution in [0.2, 0.25) is 5.02 Å². The Morgan fingerprint density at radius 2 is 2.05 bits per heavy atom. The number of carbonyl (C=O) groups is 3. The Morgan fingerprint density at radius 3 is 2.55 bits per heavy atom. The van der Waals surface area contributed by atoms with E-state index in [1.54, 1.807) is 14.0 Å². The van der Waals surface area contributed by atoms with E-state index in [9.17, 15) is 14.4 Å². The number of hydrogen-bond acceptors (Lipinski definition) is 4. The minimum absolute atomic E-state index is 0.0244. The summed E-state index contributed by atoms with van der Waals surface area (Å²) >= 11 is 6.11. The second-order valence-corrected chi connectivity index (χ2v) is 6.46. The number of hydrogen-bond donors (Lipinski definition) is 1. The van der Waals surface area contributed by atoms with Crippen molar-refractivity contribution >= 4 is 29.3 Å². The Labute approximate surface area is 132 Å². The van der Waals surface area contributed by atoms with Gasteiger partial charge in [0, 0.05) is 18.8 Å². The Hall–Kier alpha value is -1.82. The molecule has 1 heterocycles. The zero-order valence-electron chi connectivity index (χ0n) is 12.4. The first-order valence-corrected chi connectivity index (χ1v) is 7.63. The average molecular weight is 325 g/mol. The summed E-state index contributed by atoms with van der Waals surface area (Å²) in [5.41, 5.74) is -0.0793. The van der Waals surface area contributed by atoms with Gasteiger partial charge in [0.1, 0.15) is 5.69 Å². The number of nitrogens with one attached hydrogen (secondary N) is 1. The Kier molecular flexibility index (Phi) is 3.51. The van der Waals surface area contributed by atoms with Crippen molar-refractivity contribution in [3.63, 3.8) is 0 Å². The molecule has 0 unspecified atom stereocenters. The molecule has 1 aromatic rings. The van der Waals surface area contributed by atoms with E-state index in [0.717, 1.165) is 19.3 Å². The number of rotatable bonds is 5. The minimum atomic E-state index is -0.721. The molecule has 3 aliphatic carbocycles. The van der Waals surface area contributed by atoms with Gasteiger partial charge in [0.25, 0.3) is 11.7 Å². The highest BCUT2D eigenvalue weighted by Crippen LogP contribution is 2.56. The second-order valence-electron chi connectivity index (χ2n) is 6.08. The van der Waals surface area contributed by atoms with E-state index < -0.39 is 17.7 Å². The number of Topliss-reactive ketones (excluding diaryl/α,β-unsaturated/α-hetero) is 1. The lowest BCUT2D eigenvalue weighted by atomic mass is 9.50. The maximum Gasteiger partial charge on any atom is 0.356 e. The van der Waals surface area contributed by atoms with E-state index in [0.29, 0.717) is 5.92 Å². The number of nitrogens with zero attached hydrogens (tertiary/aromatic N) is 1. The number of aryl methyl sites for hydroxylation is 1. The van der Waals surface area contributed by atoms with Gasteiger partial charge < -0.3 is 14.6 Å². The van der Waals surface area contributed by atoms with E-state index in [4.69, 9.17) is 16.3 Å².